The highest BCUT2D eigenvalue weighted by Crippen LogP contribution is 2.16. The van der Waals surface area contributed by atoms with E-state index in [2.05, 4.69) is 16.3 Å². The summed E-state index contributed by atoms with van der Waals surface area (Å²) < 4.78 is 0. The van der Waals surface area contributed by atoms with Gasteiger partial charge in [-0.15, -0.1) is 0 Å². The summed E-state index contributed by atoms with van der Waals surface area (Å²) in [7, 11) is 0. The van der Waals surface area contributed by atoms with E-state index in [1.54, 1.807) is 24.3 Å². The number of piperidine rings is 1. The van der Waals surface area contributed by atoms with E-state index in [9.17, 15) is 9.90 Å². The van der Waals surface area contributed by atoms with E-state index in [-0.39, 0.29) is 12.0 Å². The molecule has 3 rings (SSSR count). The molecule has 5 nitrogen and oxygen atoms in total. The fourth-order valence-corrected chi connectivity index (χ4v) is 3.18. The first kappa shape index (κ1) is 18.1. The third kappa shape index (κ3) is 4.69. The number of hydrogen-bond acceptors (Lipinski definition) is 4. The van der Waals surface area contributed by atoms with Gasteiger partial charge in [0.25, 0.3) is 5.91 Å². The molecule has 2 aromatic rings. The van der Waals surface area contributed by atoms with E-state index in [0.717, 1.165) is 38.0 Å². The van der Waals surface area contributed by atoms with E-state index in [0.29, 0.717) is 17.7 Å². The molecule has 0 radical (unpaired) electrons. The van der Waals surface area contributed by atoms with Crippen LogP contribution in [0.25, 0.3) is 0 Å². The van der Waals surface area contributed by atoms with Crippen LogP contribution in [0.3, 0.4) is 0 Å². The van der Waals surface area contributed by atoms with E-state index >= 15 is 0 Å². The zero-order valence-corrected chi connectivity index (χ0v) is 14.7. The number of aliphatic hydroxyl groups is 1. The van der Waals surface area contributed by atoms with Crippen molar-refractivity contribution in [3.8, 4) is 6.07 Å². The van der Waals surface area contributed by atoms with Gasteiger partial charge in [-0.25, -0.2) is 0 Å². The average molecular weight is 349 g/mol. The lowest BCUT2D eigenvalue weighted by atomic mass is 10.0. The topological polar surface area (TPSA) is 76.4 Å². The van der Waals surface area contributed by atoms with Gasteiger partial charge in [0.1, 0.15) is 0 Å². The van der Waals surface area contributed by atoms with Crippen LogP contribution >= 0.6 is 0 Å². The molecule has 0 unspecified atom stereocenters. The molecule has 1 aliphatic heterocycles. The number of benzene rings is 2. The monoisotopic (exact) mass is 349 g/mol. The van der Waals surface area contributed by atoms with Crippen LogP contribution < -0.4 is 5.32 Å². The van der Waals surface area contributed by atoms with Crippen molar-refractivity contribution in [1.29, 1.82) is 5.26 Å². The van der Waals surface area contributed by atoms with Gasteiger partial charge in [-0.3, -0.25) is 9.69 Å². The Labute approximate surface area is 153 Å². The van der Waals surface area contributed by atoms with Gasteiger partial charge >= 0.3 is 0 Å². The predicted molar refractivity (Wildman–Crippen MR) is 99.3 cm³/mol. The average Bonchev–Trinajstić information content (AvgIpc) is 2.69. The number of nitrogens with zero attached hydrogens (tertiary/aromatic N) is 2. The molecule has 0 spiro atoms. The molecule has 0 saturated carbocycles. The number of likely N-dealkylation sites (tertiary alicyclic amines) is 1. The smallest absolute Gasteiger partial charge is 0.251 e. The minimum absolute atomic E-state index is 0.148. The largest absolute Gasteiger partial charge is 0.393 e. The first-order valence-corrected chi connectivity index (χ1v) is 8.91. The molecule has 134 valence electrons. The van der Waals surface area contributed by atoms with Crippen LogP contribution in [0.2, 0.25) is 0 Å². The van der Waals surface area contributed by atoms with Crippen molar-refractivity contribution in [2.75, 3.05) is 13.1 Å². The van der Waals surface area contributed by atoms with Gasteiger partial charge < -0.3 is 10.4 Å². The lowest BCUT2D eigenvalue weighted by molar-refractivity contribution is 0.0790. The summed E-state index contributed by atoms with van der Waals surface area (Å²) in [5.74, 6) is -0.148. The highest BCUT2D eigenvalue weighted by Gasteiger charge is 2.18. The number of aliphatic hydroxyl groups excluding tert-OH is 1. The summed E-state index contributed by atoms with van der Waals surface area (Å²) >= 11 is 0. The van der Waals surface area contributed by atoms with E-state index in [1.807, 2.05) is 24.3 Å². The Kier molecular flexibility index (Phi) is 6.00. The summed E-state index contributed by atoms with van der Waals surface area (Å²) in [6.45, 7) is 3.08. The SMILES string of the molecule is N#Cc1ccc(C(=O)NCc2ccccc2CN2CCC(O)CC2)cc1. The van der Waals surface area contributed by atoms with Crippen molar-refractivity contribution in [1.82, 2.24) is 10.2 Å². The summed E-state index contributed by atoms with van der Waals surface area (Å²) in [4.78, 5) is 14.7. The molecular weight excluding hydrogens is 326 g/mol. The quantitative estimate of drug-likeness (QED) is 0.869. The maximum atomic E-state index is 12.3. The molecule has 0 atom stereocenters. The number of rotatable bonds is 5. The first-order chi connectivity index (χ1) is 12.7. The number of nitriles is 1. The van der Waals surface area contributed by atoms with Crippen molar-refractivity contribution in [3.63, 3.8) is 0 Å². The molecule has 1 saturated heterocycles. The number of nitrogens with one attached hydrogen (secondary N) is 1. The van der Waals surface area contributed by atoms with E-state index < -0.39 is 0 Å². The highest BCUT2D eigenvalue weighted by atomic mass is 16.3. The van der Waals surface area contributed by atoms with Crippen molar-refractivity contribution < 1.29 is 9.90 Å². The summed E-state index contributed by atoms with van der Waals surface area (Å²) in [6, 6.07) is 16.8. The lowest BCUT2D eigenvalue weighted by Gasteiger charge is -2.30. The van der Waals surface area contributed by atoms with Crippen LogP contribution in [0.4, 0.5) is 0 Å². The minimum atomic E-state index is -0.173. The summed E-state index contributed by atoms with van der Waals surface area (Å²) in [6.07, 6.45) is 1.46. The molecule has 1 heterocycles. The third-order valence-corrected chi connectivity index (χ3v) is 4.79. The molecule has 0 aromatic heterocycles. The molecule has 26 heavy (non-hydrogen) atoms. The van der Waals surface area contributed by atoms with Crippen molar-refractivity contribution in [2.45, 2.75) is 32.0 Å². The maximum Gasteiger partial charge on any atom is 0.251 e. The van der Waals surface area contributed by atoms with Gasteiger partial charge in [-0.2, -0.15) is 5.26 Å². The fraction of sp³-hybridized carbons (Fsp3) is 0.333. The number of hydrogen-bond donors (Lipinski definition) is 2. The Morgan fingerprint density at radius 3 is 2.42 bits per heavy atom. The van der Waals surface area contributed by atoms with Crippen molar-refractivity contribution in [2.24, 2.45) is 0 Å². The van der Waals surface area contributed by atoms with Gasteiger partial charge in [0.2, 0.25) is 0 Å². The molecule has 1 fully saturated rings. The molecule has 1 aliphatic rings. The van der Waals surface area contributed by atoms with Crippen molar-refractivity contribution >= 4 is 5.91 Å². The van der Waals surface area contributed by atoms with Gasteiger partial charge in [0, 0.05) is 31.7 Å². The molecule has 2 N–H and O–H groups in total. The number of carbonyl (C=O) groups is 1. The van der Waals surface area contributed by atoms with Gasteiger partial charge in [-0.05, 0) is 48.2 Å². The summed E-state index contributed by atoms with van der Waals surface area (Å²) in [5.41, 5.74) is 3.38. The van der Waals surface area contributed by atoms with Crippen LogP contribution in [0, 0.1) is 11.3 Å². The molecule has 0 bridgehead atoms. The second-order valence-electron chi connectivity index (χ2n) is 6.65. The highest BCUT2D eigenvalue weighted by molar-refractivity contribution is 5.94. The van der Waals surface area contributed by atoms with Crippen LogP contribution in [0.5, 0.6) is 0 Å². The Balaban J connectivity index is 1.61. The van der Waals surface area contributed by atoms with Gasteiger partial charge in [0.05, 0.1) is 17.7 Å². The number of amides is 1. The van der Waals surface area contributed by atoms with Crippen molar-refractivity contribution in [3.05, 3.63) is 70.8 Å². The Hall–Kier alpha value is -2.68. The van der Waals surface area contributed by atoms with Gasteiger partial charge in [0.15, 0.2) is 0 Å². The second kappa shape index (κ2) is 8.61. The molecular formula is C21H23N3O2. The zero-order chi connectivity index (χ0) is 18.4. The van der Waals surface area contributed by atoms with Crippen LogP contribution in [0.15, 0.2) is 48.5 Å². The fourth-order valence-electron chi connectivity index (χ4n) is 3.18. The van der Waals surface area contributed by atoms with Crippen LogP contribution in [-0.4, -0.2) is 35.1 Å². The van der Waals surface area contributed by atoms with Crippen LogP contribution in [0.1, 0.15) is 39.9 Å². The maximum absolute atomic E-state index is 12.3. The predicted octanol–water partition coefficient (Wildman–Crippen LogP) is 2.44. The minimum Gasteiger partial charge on any atom is -0.393 e. The van der Waals surface area contributed by atoms with E-state index in [1.165, 1.54) is 5.56 Å². The summed E-state index contributed by atoms with van der Waals surface area (Å²) in [5, 5.41) is 21.4. The normalized spacial score (nSPS) is 15.4. The zero-order valence-electron chi connectivity index (χ0n) is 14.7. The van der Waals surface area contributed by atoms with Crippen LogP contribution in [-0.2, 0) is 13.1 Å². The standard InChI is InChI=1S/C21H23N3O2/c22-13-16-5-7-17(8-6-16)21(26)23-14-18-3-1-2-4-19(18)15-24-11-9-20(25)10-12-24/h1-8,20,25H,9-12,14-15H2,(H,23,26). The molecule has 0 aliphatic carbocycles. The molecule has 5 heteroatoms. The number of carbonyl (C=O) groups excluding carboxylic acids is 1. The third-order valence-electron chi connectivity index (χ3n) is 4.79. The molecule has 1 amide bonds. The first-order valence-electron chi connectivity index (χ1n) is 8.91. The Morgan fingerprint density at radius 1 is 1.12 bits per heavy atom. The van der Waals surface area contributed by atoms with E-state index in [4.69, 9.17) is 5.26 Å². The Morgan fingerprint density at radius 2 is 1.77 bits per heavy atom. The second-order valence-corrected chi connectivity index (χ2v) is 6.65. The molecule has 2 aromatic carbocycles. The lowest BCUT2D eigenvalue weighted by Crippen LogP contribution is -2.35. The van der Waals surface area contributed by atoms with Gasteiger partial charge in [-0.1, -0.05) is 24.3 Å². The Bertz CT molecular complexity index is 788.